The number of carboxylic acids is 1. The summed E-state index contributed by atoms with van der Waals surface area (Å²) in [5, 5.41) is 19.2. The summed E-state index contributed by atoms with van der Waals surface area (Å²) in [6.07, 6.45) is 0.982. The van der Waals surface area contributed by atoms with Gasteiger partial charge < -0.3 is 10.3 Å². The first-order valence-corrected chi connectivity index (χ1v) is 3.57. The maximum atomic E-state index is 10.8. The number of aliphatic carboxylic acids is 1. The highest BCUT2D eigenvalue weighted by atomic mass is 35.5. The van der Waals surface area contributed by atoms with Crippen LogP contribution in [0.2, 0.25) is 5.15 Å². The van der Waals surface area contributed by atoms with Crippen LogP contribution in [0.25, 0.3) is 0 Å². The van der Waals surface area contributed by atoms with Crippen LogP contribution in [0.15, 0.2) is 18.3 Å². The van der Waals surface area contributed by atoms with Crippen LogP contribution in [0.3, 0.4) is 0 Å². The predicted octanol–water partition coefficient (Wildman–Crippen LogP) is 0.601. The van der Waals surface area contributed by atoms with Gasteiger partial charge in [0.2, 0.25) is 0 Å². The third-order valence-electron chi connectivity index (χ3n) is 1.28. The van der Waals surface area contributed by atoms with Crippen molar-refractivity contribution in [3.8, 4) is 0 Å². The molecule has 0 bridgehead atoms. The maximum Gasteiger partial charge on any atom is 0.308 e. The third kappa shape index (κ3) is 2.10. The Morgan fingerprint density at radius 2 is 2.33 bits per heavy atom. The van der Waals surface area contributed by atoms with Gasteiger partial charge in [-0.25, -0.2) is 0 Å². The average molecular weight is 188 g/mol. The van der Waals surface area contributed by atoms with Gasteiger partial charge in [0.25, 0.3) is 5.15 Å². The average Bonchev–Trinajstić information content (AvgIpc) is 1.96. The monoisotopic (exact) mass is 187 g/mol. The van der Waals surface area contributed by atoms with Gasteiger partial charge in [-0.1, -0.05) is 0 Å². The molecule has 0 fully saturated rings. The van der Waals surface area contributed by atoms with E-state index in [1.54, 1.807) is 0 Å². The molecular weight excluding hydrogens is 182 g/mol. The molecule has 0 radical (unpaired) electrons. The van der Waals surface area contributed by atoms with Crippen molar-refractivity contribution in [3.63, 3.8) is 0 Å². The van der Waals surface area contributed by atoms with Gasteiger partial charge in [0, 0.05) is 11.6 Å². The Bertz CT molecular complexity index is 314. The Morgan fingerprint density at radius 1 is 1.67 bits per heavy atom. The van der Waals surface area contributed by atoms with E-state index in [1.165, 1.54) is 12.1 Å². The maximum absolute atomic E-state index is 10.8. The molecule has 4 nitrogen and oxygen atoms in total. The third-order valence-corrected chi connectivity index (χ3v) is 1.58. The lowest BCUT2D eigenvalue weighted by molar-refractivity contribution is -0.603. The lowest BCUT2D eigenvalue weighted by atomic mass is 10.2. The molecule has 1 aromatic rings. The molecule has 64 valence electrons. The number of nitrogens with zero attached hydrogens (tertiary/aromatic N) is 1. The number of hydrogen-bond donors (Lipinski definition) is 1. The van der Waals surface area contributed by atoms with Crippen molar-refractivity contribution in [2.75, 3.05) is 0 Å². The fourth-order valence-corrected chi connectivity index (χ4v) is 0.896. The van der Waals surface area contributed by atoms with Crippen LogP contribution in [0.5, 0.6) is 0 Å². The molecule has 1 rings (SSSR count). The largest absolute Gasteiger partial charge is 0.618 e. The van der Waals surface area contributed by atoms with E-state index in [9.17, 15) is 10.0 Å². The van der Waals surface area contributed by atoms with E-state index >= 15 is 0 Å². The number of aromatic nitrogens is 1. The summed E-state index contributed by atoms with van der Waals surface area (Å²) in [4.78, 5) is 10.2. The second-order valence-electron chi connectivity index (χ2n) is 2.26. The van der Waals surface area contributed by atoms with Gasteiger partial charge in [-0.15, -0.1) is 0 Å². The van der Waals surface area contributed by atoms with Crippen molar-refractivity contribution in [1.29, 1.82) is 0 Å². The van der Waals surface area contributed by atoms with Crippen molar-refractivity contribution in [2.24, 2.45) is 0 Å². The highest BCUT2D eigenvalue weighted by Gasteiger charge is 2.06. The molecule has 5 heteroatoms. The van der Waals surface area contributed by atoms with E-state index in [0.717, 1.165) is 6.20 Å². The van der Waals surface area contributed by atoms with Crippen LogP contribution < -0.4 is 4.73 Å². The van der Waals surface area contributed by atoms with Crippen LogP contribution in [0.4, 0.5) is 0 Å². The summed E-state index contributed by atoms with van der Waals surface area (Å²) in [5.74, 6) is -0.975. The number of hydrogen-bond acceptors (Lipinski definition) is 2. The Morgan fingerprint density at radius 3 is 2.83 bits per heavy atom. The fourth-order valence-electron chi connectivity index (χ4n) is 0.784. The van der Waals surface area contributed by atoms with Crippen molar-refractivity contribution in [1.82, 2.24) is 0 Å². The molecule has 0 saturated carbocycles. The van der Waals surface area contributed by atoms with Crippen molar-refractivity contribution >= 4 is 17.6 Å². The van der Waals surface area contributed by atoms with Crippen molar-refractivity contribution in [3.05, 3.63) is 34.3 Å². The first-order chi connectivity index (χ1) is 5.59. The van der Waals surface area contributed by atoms with E-state index in [1.807, 2.05) is 0 Å². The topological polar surface area (TPSA) is 64.2 Å². The lowest BCUT2D eigenvalue weighted by Gasteiger charge is -1.99. The van der Waals surface area contributed by atoms with Gasteiger partial charge in [-0.3, -0.25) is 4.79 Å². The molecule has 1 aromatic heterocycles. The summed E-state index contributed by atoms with van der Waals surface area (Å²) in [6, 6.07) is 2.87. The molecule has 0 aliphatic heterocycles. The van der Waals surface area contributed by atoms with Crippen LogP contribution in [0.1, 0.15) is 5.56 Å². The summed E-state index contributed by atoms with van der Waals surface area (Å²) >= 11 is 5.42. The first-order valence-electron chi connectivity index (χ1n) is 3.19. The summed E-state index contributed by atoms with van der Waals surface area (Å²) in [5.41, 5.74) is 0.432. The summed E-state index contributed by atoms with van der Waals surface area (Å²) in [7, 11) is 0. The van der Waals surface area contributed by atoms with Gasteiger partial charge in [0.1, 0.15) is 0 Å². The van der Waals surface area contributed by atoms with Gasteiger partial charge in [-0.2, -0.15) is 4.73 Å². The molecule has 0 aliphatic carbocycles. The minimum atomic E-state index is -0.975. The van der Waals surface area contributed by atoms with E-state index in [0.29, 0.717) is 10.3 Å². The number of pyridine rings is 1. The van der Waals surface area contributed by atoms with E-state index in [4.69, 9.17) is 16.7 Å². The quantitative estimate of drug-likeness (QED) is 0.419. The van der Waals surface area contributed by atoms with E-state index < -0.39 is 5.97 Å². The Labute approximate surface area is 73.6 Å². The second-order valence-corrected chi connectivity index (χ2v) is 2.64. The molecule has 0 amide bonds. The first kappa shape index (κ1) is 8.80. The number of halogens is 1. The molecule has 0 aromatic carbocycles. The molecule has 1 heterocycles. The normalized spacial score (nSPS) is 9.75. The molecular formula is C7H6ClNO3. The summed E-state index contributed by atoms with van der Waals surface area (Å²) < 4.78 is 0.430. The van der Waals surface area contributed by atoms with Crippen LogP contribution in [-0.2, 0) is 11.2 Å². The summed E-state index contributed by atoms with van der Waals surface area (Å²) in [6.45, 7) is 0. The fraction of sp³-hybridized carbons (Fsp3) is 0.143. The van der Waals surface area contributed by atoms with Gasteiger partial charge >= 0.3 is 5.97 Å². The van der Waals surface area contributed by atoms with Crippen LogP contribution >= 0.6 is 11.6 Å². The van der Waals surface area contributed by atoms with Crippen LogP contribution in [-0.4, -0.2) is 11.1 Å². The molecule has 1 N–H and O–H groups in total. The molecule has 0 saturated heterocycles. The van der Waals surface area contributed by atoms with Gasteiger partial charge in [0.15, 0.2) is 6.20 Å². The Balaban J connectivity index is 2.89. The highest BCUT2D eigenvalue weighted by molar-refractivity contribution is 6.28. The zero-order chi connectivity index (χ0) is 9.14. The Kier molecular flexibility index (Phi) is 2.50. The zero-order valence-electron chi connectivity index (χ0n) is 6.03. The molecule has 0 spiro atoms. The van der Waals surface area contributed by atoms with Crippen LogP contribution in [0, 0.1) is 5.21 Å². The molecule has 0 aliphatic rings. The number of rotatable bonds is 2. The number of carbonyl (C=O) groups is 1. The predicted molar refractivity (Wildman–Crippen MR) is 41.8 cm³/mol. The minimum Gasteiger partial charge on any atom is -0.618 e. The second kappa shape index (κ2) is 3.40. The van der Waals surface area contributed by atoms with Crippen molar-refractivity contribution < 1.29 is 14.6 Å². The molecule has 0 unspecified atom stereocenters. The molecule has 12 heavy (non-hydrogen) atoms. The van der Waals surface area contributed by atoms with E-state index in [-0.39, 0.29) is 11.6 Å². The SMILES string of the molecule is O=C(O)Cc1ccc(Cl)[n+]([O-])c1. The highest BCUT2D eigenvalue weighted by Crippen LogP contribution is 2.03. The van der Waals surface area contributed by atoms with Crippen molar-refractivity contribution in [2.45, 2.75) is 6.42 Å². The lowest BCUT2D eigenvalue weighted by Crippen LogP contribution is -2.27. The number of carboxylic acid groups (broad SMARTS) is 1. The Hall–Kier alpha value is -1.29. The minimum absolute atomic E-state index is 0.0316. The van der Waals surface area contributed by atoms with Gasteiger partial charge in [-0.05, 0) is 17.7 Å². The standard InChI is InChI=1S/C7H6ClNO3/c8-6-2-1-5(3-7(10)11)4-9(6)12/h1-2,4H,3H2,(H,10,11). The smallest absolute Gasteiger partial charge is 0.308 e. The zero-order valence-corrected chi connectivity index (χ0v) is 6.78. The van der Waals surface area contributed by atoms with Gasteiger partial charge in [0.05, 0.1) is 6.42 Å². The molecule has 0 atom stereocenters. The van der Waals surface area contributed by atoms with E-state index in [2.05, 4.69) is 0 Å².